The summed E-state index contributed by atoms with van der Waals surface area (Å²) in [5.41, 5.74) is 0. The van der Waals surface area contributed by atoms with Crippen molar-refractivity contribution in [1.82, 2.24) is 9.47 Å². The van der Waals surface area contributed by atoms with Crippen molar-refractivity contribution < 1.29 is 4.79 Å². The molecule has 16 heavy (non-hydrogen) atoms. The van der Waals surface area contributed by atoms with E-state index in [1.165, 1.54) is 6.42 Å². The highest BCUT2D eigenvalue weighted by Gasteiger charge is 2.27. The number of aromatic nitrogens is 1. The van der Waals surface area contributed by atoms with Crippen molar-refractivity contribution >= 4 is 5.78 Å². The summed E-state index contributed by atoms with van der Waals surface area (Å²) in [6.07, 6.45) is 6.94. The monoisotopic (exact) mass is 220 g/mol. The lowest BCUT2D eigenvalue weighted by atomic mass is 9.97. The second-order valence-electron chi connectivity index (χ2n) is 4.92. The van der Waals surface area contributed by atoms with Gasteiger partial charge in [0.2, 0.25) is 0 Å². The average molecular weight is 220 g/mol. The number of ketones is 1. The number of piperidine rings is 1. The van der Waals surface area contributed by atoms with Gasteiger partial charge in [-0.1, -0.05) is 6.92 Å². The molecule has 3 nitrogen and oxygen atoms in total. The largest absolute Gasteiger partial charge is 0.338 e. The quantitative estimate of drug-likeness (QED) is 0.781. The van der Waals surface area contributed by atoms with Crippen LogP contribution >= 0.6 is 0 Å². The molecule has 0 N–H and O–H groups in total. The van der Waals surface area contributed by atoms with Crippen LogP contribution in [0.15, 0.2) is 24.5 Å². The van der Waals surface area contributed by atoms with Gasteiger partial charge < -0.3 is 4.57 Å². The Bertz CT molecular complexity index is 345. The fourth-order valence-corrected chi connectivity index (χ4v) is 2.57. The average Bonchev–Trinajstić information content (AvgIpc) is 2.69. The maximum absolute atomic E-state index is 11.3. The van der Waals surface area contributed by atoms with Crippen molar-refractivity contribution in [3.8, 4) is 0 Å². The van der Waals surface area contributed by atoms with Crippen molar-refractivity contribution in [2.24, 2.45) is 5.92 Å². The summed E-state index contributed by atoms with van der Waals surface area (Å²) >= 11 is 0. The minimum atomic E-state index is 0.256. The molecule has 2 rings (SSSR count). The standard InChI is InChI=1S/C13H20N2O/c1-11-5-6-13(14-7-3-4-8-14)15(9-11)10-12(2)16/h3-4,7-8,11,13H,5-6,9-10H2,1-2H3. The molecule has 0 saturated carbocycles. The molecule has 0 aromatic carbocycles. The Morgan fingerprint density at radius 1 is 1.31 bits per heavy atom. The SMILES string of the molecule is CC(=O)CN1CC(C)CCC1n1cccc1. The second-order valence-corrected chi connectivity index (χ2v) is 4.92. The van der Waals surface area contributed by atoms with E-state index in [-0.39, 0.29) is 5.78 Å². The first-order chi connectivity index (χ1) is 7.66. The van der Waals surface area contributed by atoms with Crippen LogP contribution in [0.2, 0.25) is 0 Å². The molecule has 0 radical (unpaired) electrons. The zero-order chi connectivity index (χ0) is 11.5. The van der Waals surface area contributed by atoms with Crippen molar-refractivity contribution in [2.45, 2.75) is 32.9 Å². The second kappa shape index (κ2) is 4.83. The highest BCUT2D eigenvalue weighted by molar-refractivity contribution is 5.77. The highest BCUT2D eigenvalue weighted by atomic mass is 16.1. The number of Topliss-reactive ketones (excluding diaryl/α,β-unsaturated/α-hetero) is 1. The van der Waals surface area contributed by atoms with Crippen LogP contribution in [0, 0.1) is 5.92 Å². The maximum Gasteiger partial charge on any atom is 0.143 e. The molecule has 0 bridgehead atoms. The summed E-state index contributed by atoms with van der Waals surface area (Å²) in [5, 5.41) is 0. The molecule has 1 aliphatic heterocycles. The van der Waals surface area contributed by atoms with Crippen LogP contribution in [0.3, 0.4) is 0 Å². The van der Waals surface area contributed by atoms with Crippen LogP contribution in [-0.4, -0.2) is 28.3 Å². The Hall–Kier alpha value is -1.09. The minimum Gasteiger partial charge on any atom is -0.338 e. The van der Waals surface area contributed by atoms with E-state index >= 15 is 0 Å². The smallest absolute Gasteiger partial charge is 0.143 e. The van der Waals surface area contributed by atoms with E-state index in [4.69, 9.17) is 0 Å². The lowest BCUT2D eigenvalue weighted by Gasteiger charge is -2.38. The topological polar surface area (TPSA) is 25.2 Å². The number of carbonyl (C=O) groups is 1. The predicted octanol–water partition coefficient (Wildman–Crippen LogP) is 2.31. The fraction of sp³-hybridized carbons (Fsp3) is 0.615. The van der Waals surface area contributed by atoms with Gasteiger partial charge in [0, 0.05) is 18.9 Å². The van der Waals surface area contributed by atoms with Crippen molar-refractivity contribution in [2.75, 3.05) is 13.1 Å². The van der Waals surface area contributed by atoms with Crippen LogP contribution in [0.5, 0.6) is 0 Å². The van der Waals surface area contributed by atoms with Gasteiger partial charge in [0.25, 0.3) is 0 Å². The molecular formula is C13H20N2O. The van der Waals surface area contributed by atoms with Crippen molar-refractivity contribution in [3.63, 3.8) is 0 Å². The summed E-state index contributed by atoms with van der Waals surface area (Å²) in [6, 6.07) is 4.09. The summed E-state index contributed by atoms with van der Waals surface area (Å²) in [7, 11) is 0. The van der Waals surface area contributed by atoms with Gasteiger partial charge in [0.15, 0.2) is 0 Å². The first kappa shape index (κ1) is 11.4. The molecule has 88 valence electrons. The van der Waals surface area contributed by atoms with Gasteiger partial charge in [-0.3, -0.25) is 9.69 Å². The maximum atomic E-state index is 11.3. The van der Waals surface area contributed by atoms with Crippen LogP contribution in [0.25, 0.3) is 0 Å². The van der Waals surface area contributed by atoms with E-state index in [9.17, 15) is 4.79 Å². The third-order valence-electron chi connectivity index (χ3n) is 3.28. The third kappa shape index (κ3) is 2.53. The van der Waals surface area contributed by atoms with Crippen molar-refractivity contribution in [1.29, 1.82) is 0 Å². The molecule has 1 fully saturated rings. The zero-order valence-electron chi connectivity index (χ0n) is 10.1. The van der Waals surface area contributed by atoms with E-state index in [1.54, 1.807) is 6.92 Å². The Morgan fingerprint density at radius 2 is 2.00 bits per heavy atom. The van der Waals surface area contributed by atoms with Gasteiger partial charge in [-0.15, -0.1) is 0 Å². The Balaban J connectivity index is 2.11. The number of hydrogen-bond acceptors (Lipinski definition) is 2. The number of hydrogen-bond donors (Lipinski definition) is 0. The first-order valence-corrected chi connectivity index (χ1v) is 6.03. The number of carbonyl (C=O) groups excluding carboxylic acids is 1. The normalized spacial score (nSPS) is 26.9. The summed E-state index contributed by atoms with van der Waals surface area (Å²) in [6.45, 7) is 5.54. The molecule has 2 unspecified atom stereocenters. The molecule has 1 aliphatic rings. The number of rotatable bonds is 3. The third-order valence-corrected chi connectivity index (χ3v) is 3.28. The molecule has 1 aromatic heterocycles. The van der Waals surface area contributed by atoms with Gasteiger partial charge in [-0.05, 0) is 37.8 Å². The van der Waals surface area contributed by atoms with Gasteiger partial charge in [0.05, 0.1) is 12.7 Å². The van der Waals surface area contributed by atoms with Gasteiger partial charge >= 0.3 is 0 Å². The molecule has 2 atom stereocenters. The lowest BCUT2D eigenvalue weighted by Crippen LogP contribution is -2.42. The lowest BCUT2D eigenvalue weighted by molar-refractivity contribution is -0.120. The Labute approximate surface area is 97.1 Å². The van der Waals surface area contributed by atoms with Crippen molar-refractivity contribution in [3.05, 3.63) is 24.5 Å². The Morgan fingerprint density at radius 3 is 2.62 bits per heavy atom. The number of nitrogens with zero attached hydrogens (tertiary/aromatic N) is 2. The van der Waals surface area contributed by atoms with E-state index in [0.29, 0.717) is 18.6 Å². The fourth-order valence-electron chi connectivity index (χ4n) is 2.57. The van der Waals surface area contributed by atoms with Crippen LogP contribution in [0.1, 0.15) is 32.9 Å². The Kier molecular flexibility index (Phi) is 3.44. The highest BCUT2D eigenvalue weighted by Crippen LogP contribution is 2.28. The van der Waals surface area contributed by atoms with Gasteiger partial charge in [0.1, 0.15) is 5.78 Å². The van der Waals surface area contributed by atoms with E-state index in [2.05, 4.69) is 28.8 Å². The van der Waals surface area contributed by atoms with Crippen LogP contribution < -0.4 is 0 Å². The molecular weight excluding hydrogens is 200 g/mol. The molecule has 0 amide bonds. The molecule has 0 aliphatic carbocycles. The summed E-state index contributed by atoms with van der Waals surface area (Å²) in [4.78, 5) is 13.6. The van der Waals surface area contributed by atoms with Gasteiger partial charge in [-0.25, -0.2) is 0 Å². The van der Waals surface area contributed by atoms with E-state index < -0.39 is 0 Å². The van der Waals surface area contributed by atoms with Gasteiger partial charge in [-0.2, -0.15) is 0 Å². The zero-order valence-corrected chi connectivity index (χ0v) is 10.1. The van der Waals surface area contributed by atoms with E-state index in [1.807, 2.05) is 12.1 Å². The van der Waals surface area contributed by atoms with Crippen LogP contribution in [-0.2, 0) is 4.79 Å². The molecule has 1 saturated heterocycles. The predicted molar refractivity (Wildman–Crippen MR) is 64.1 cm³/mol. The molecule has 3 heteroatoms. The van der Waals surface area contributed by atoms with Crippen LogP contribution in [0.4, 0.5) is 0 Å². The molecule has 1 aromatic rings. The molecule has 0 spiro atoms. The molecule has 2 heterocycles. The van der Waals surface area contributed by atoms with E-state index in [0.717, 1.165) is 13.0 Å². The first-order valence-electron chi connectivity index (χ1n) is 6.03. The summed E-state index contributed by atoms with van der Waals surface area (Å²) in [5.74, 6) is 0.956. The minimum absolute atomic E-state index is 0.256. The summed E-state index contributed by atoms with van der Waals surface area (Å²) < 4.78 is 2.22. The number of likely N-dealkylation sites (tertiary alicyclic amines) is 1.